The Hall–Kier alpha value is -2.74. The van der Waals surface area contributed by atoms with Gasteiger partial charge in [-0.15, -0.1) is 0 Å². The molecule has 2 atom stereocenters. The Morgan fingerprint density at radius 2 is 1.58 bits per heavy atom. The predicted octanol–water partition coefficient (Wildman–Crippen LogP) is 7.00. The van der Waals surface area contributed by atoms with Gasteiger partial charge in [-0.05, 0) is 95.2 Å². The quantitative estimate of drug-likeness (QED) is 0.284. The summed E-state index contributed by atoms with van der Waals surface area (Å²) in [6.45, 7) is 10.2. The van der Waals surface area contributed by atoms with Crippen molar-refractivity contribution < 1.29 is 28.2 Å². The van der Waals surface area contributed by atoms with E-state index in [1.807, 2.05) is 18.2 Å². The molecule has 8 heteroatoms. The van der Waals surface area contributed by atoms with E-state index in [1.54, 1.807) is 41.5 Å². The molecule has 6 nitrogen and oxygen atoms in total. The van der Waals surface area contributed by atoms with Crippen molar-refractivity contribution in [3.8, 4) is 0 Å². The first kappa shape index (κ1) is 28.3. The lowest BCUT2D eigenvalue weighted by atomic mass is 9.68. The second-order valence-corrected chi connectivity index (χ2v) is 13.0. The van der Waals surface area contributed by atoms with Crippen molar-refractivity contribution in [2.24, 2.45) is 0 Å². The number of amides is 2. The average molecular weight is 589 g/mol. The van der Waals surface area contributed by atoms with Crippen molar-refractivity contribution >= 4 is 33.9 Å². The van der Waals surface area contributed by atoms with Crippen LogP contribution in [0.4, 0.5) is 9.18 Å². The van der Waals surface area contributed by atoms with Gasteiger partial charge in [-0.25, -0.2) is 14.1 Å². The van der Waals surface area contributed by atoms with Crippen LogP contribution in [0.5, 0.6) is 0 Å². The second kappa shape index (κ2) is 10.1. The van der Waals surface area contributed by atoms with E-state index < -0.39 is 46.3 Å². The van der Waals surface area contributed by atoms with Crippen LogP contribution in [0, 0.1) is 5.82 Å². The molecule has 2 aromatic rings. The lowest BCUT2D eigenvalue weighted by molar-refractivity contribution is -0.165. The zero-order valence-electron chi connectivity index (χ0n) is 22.8. The Bertz CT molecular complexity index is 1240. The number of esters is 1. The molecule has 1 saturated heterocycles. The van der Waals surface area contributed by atoms with Crippen LogP contribution in [0.1, 0.15) is 89.3 Å². The van der Waals surface area contributed by atoms with Gasteiger partial charge in [0.05, 0.1) is 0 Å². The average Bonchev–Trinajstić information content (AvgIpc) is 3.06. The molecule has 0 spiro atoms. The molecular formula is C30H35BrFNO5. The number of ether oxygens (including phenoxy) is 2. The number of benzene rings is 2. The van der Waals surface area contributed by atoms with Gasteiger partial charge in [0, 0.05) is 16.9 Å². The van der Waals surface area contributed by atoms with Crippen LogP contribution in [-0.4, -0.2) is 40.6 Å². The van der Waals surface area contributed by atoms with E-state index in [-0.39, 0.29) is 12.1 Å². The maximum absolute atomic E-state index is 14.3. The van der Waals surface area contributed by atoms with Crippen LogP contribution in [0.25, 0.3) is 0 Å². The molecule has 0 radical (unpaired) electrons. The van der Waals surface area contributed by atoms with Crippen LogP contribution in [0.2, 0.25) is 0 Å². The highest BCUT2D eigenvalue weighted by molar-refractivity contribution is 9.10. The van der Waals surface area contributed by atoms with Gasteiger partial charge < -0.3 is 9.47 Å². The van der Waals surface area contributed by atoms with Gasteiger partial charge in [0.15, 0.2) is 5.41 Å². The highest BCUT2D eigenvalue weighted by Crippen LogP contribution is 2.50. The fraction of sp³-hybridized carbons (Fsp3) is 0.500. The maximum Gasteiger partial charge on any atom is 0.417 e. The van der Waals surface area contributed by atoms with Crippen LogP contribution in [0.3, 0.4) is 0 Å². The van der Waals surface area contributed by atoms with Gasteiger partial charge in [0.25, 0.3) is 5.91 Å². The highest BCUT2D eigenvalue weighted by atomic mass is 79.9. The Morgan fingerprint density at radius 1 is 0.974 bits per heavy atom. The molecule has 38 heavy (non-hydrogen) atoms. The SMILES string of the molecule is CC(C)(C)OC(=O)N1C[C@@H](c2ccc(Br)c(C3CCC3)c2)[C@@](C(=O)OC(C)(C)C)(c2ccc(F)cc2)C1=O. The first-order valence-electron chi connectivity index (χ1n) is 13.0. The maximum atomic E-state index is 14.3. The van der Waals surface area contributed by atoms with Gasteiger partial charge in [0.2, 0.25) is 0 Å². The Balaban J connectivity index is 1.94. The van der Waals surface area contributed by atoms with Crippen LogP contribution < -0.4 is 0 Å². The zero-order chi connectivity index (χ0) is 28.0. The van der Waals surface area contributed by atoms with E-state index in [0.717, 1.165) is 39.8 Å². The number of hydrogen-bond acceptors (Lipinski definition) is 5. The van der Waals surface area contributed by atoms with E-state index in [2.05, 4.69) is 15.9 Å². The summed E-state index contributed by atoms with van der Waals surface area (Å²) in [6.07, 6.45) is 2.43. The van der Waals surface area contributed by atoms with E-state index >= 15 is 0 Å². The first-order valence-corrected chi connectivity index (χ1v) is 13.8. The van der Waals surface area contributed by atoms with Crippen molar-refractivity contribution in [2.45, 2.75) is 89.3 Å². The molecule has 2 fully saturated rings. The molecule has 4 rings (SSSR count). The minimum atomic E-state index is -1.91. The van der Waals surface area contributed by atoms with Gasteiger partial charge in [-0.2, -0.15) is 0 Å². The number of halogens is 2. The third-order valence-electron chi connectivity index (χ3n) is 7.07. The number of nitrogens with zero attached hydrogens (tertiary/aromatic N) is 1. The summed E-state index contributed by atoms with van der Waals surface area (Å²) in [6, 6.07) is 11.1. The largest absolute Gasteiger partial charge is 0.459 e. The minimum Gasteiger partial charge on any atom is -0.459 e. The lowest BCUT2D eigenvalue weighted by Gasteiger charge is -2.35. The monoisotopic (exact) mass is 587 g/mol. The molecule has 1 aliphatic heterocycles. The van der Waals surface area contributed by atoms with Crippen LogP contribution in [-0.2, 0) is 24.5 Å². The summed E-state index contributed by atoms with van der Waals surface area (Å²) in [7, 11) is 0. The normalized spacial score (nSPS) is 22.3. The smallest absolute Gasteiger partial charge is 0.417 e. The van der Waals surface area contributed by atoms with Crippen molar-refractivity contribution in [1.82, 2.24) is 4.90 Å². The Morgan fingerprint density at radius 3 is 2.11 bits per heavy atom. The molecule has 2 amide bonds. The van der Waals surface area contributed by atoms with Crippen molar-refractivity contribution in [2.75, 3.05) is 6.54 Å². The Kier molecular flexibility index (Phi) is 7.51. The fourth-order valence-electron chi connectivity index (χ4n) is 5.15. The molecule has 0 N–H and O–H groups in total. The van der Waals surface area contributed by atoms with Crippen LogP contribution >= 0.6 is 15.9 Å². The molecule has 0 bridgehead atoms. The lowest BCUT2D eigenvalue weighted by Crippen LogP contribution is -2.51. The first-order chi connectivity index (χ1) is 17.6. The number of imide groups is 1. The topological polar surface area (TPSA) is 72.9 Å². The summed E-state index contributed by atoms with van der Waals surface area (Å²) in [5.74, 6) is -2.44. The molecule has 1 aliphatic carbocycles. The third-order valence-corrected chi connectivity index (χ3v) is 7.79. The second-order valence-electron chi connectivity index (χ2n) is 12.2. The summed E-state index contributed by atoms with van der Waals surface area (Å²) < 4.78 is 26.4. The molecule has 1 heterocycles. The molecule has 0 unspecified atom stereocenters. The predicted molar refractivity (Wildman–Crippen MR) is 145 cm³/mol. The molecule has 2 aromatic carbocycles. The zero-order valence-corrected chi connectivity index (χ0v) is 24.4. The summed E-state index contributed by atoms with van der Waals surface area (Å²) >= 11 is 3.66. The number of hydrogen-bond donors (Lipinski definition) is 0. The molecule has 2 aliphatic rings. The highest BCUT2D eigenvalue weighted by Gasteiger charge is 2.64. The van der Waals surface area contributed by atoms with Crippen LogP contribution in [0.15, 0.2) is 46.9 Å². The van der Waals surface area contributed by atoms with Gasteiger partial charge in [0.1, 0.15) is 17.0 Å². The standard InChI is InChI=1S/C30H35BrFNO5/c1-28(2,3)37-26(35)30(20-11-13-21(32)14-12-20)23(17-33(25(30)34)27(36)38-29(4,5)6)19-10-15-24(31)22(16-19)18-8-7-9-18/h10-16,18,23H,7-9,17H2,1-6H3/t23-,30-/m0/s1. The molecule has 204 valence electrons. The fourth-order valence-corrected chi connectivity index (χ4v) is 5.72. The van der Waals surface area contributed by atoms with Crippen molar-refractivity contribution in [1.29, 1.82) is 0 Å². The number of likely N-dealkylation sites (tertiary alicyclic amines) is 1. The summed E-state index contributed by atoms with van der Waals surface area (Å²) in [4.78, 5) is 42.7. The van der Waals surface area contributed by atoms with Crippen molar-refractivity contribution in [3.05, 3.63) is 69.4 Å². The van der Waals surface area contributed by atoms with Gasteiger partial charge >= 0.3 is 12.1 Å². The third kappa shape index (κ3) is 5.37. The number of rotatable bonds is 4. The van der Waals surface area contributed by atoms with Gasteiger partial charge in [-0.3, -0.25) is 9.59 Å². The Labute approximate surface area is 232 Å². The molecule has 0 aromatic heterocycles. The number of carbonyl (C=O) groups excluding carboxylic acids is 3. The number of carbonyl (C=O) groups is 3. The summed E-state index contributed by atoms with van der Waals surface area (Å²) in [5, 5.41) is 0. The molecular weight excluding hydrogens is 553 g/mol. The molecule has 1 saturated carbocycles. The van der Waals surface area contributed by atoms with E-state index in [9.17, 15) is 18.8 Å². The van der Waals surface area contributed by atoms with Gasteiger partial charge in [-0.1, -0.05) is 46.6 Å². The van der Waals surface area contributed by atoms with E-state index in [4.69, 9.17) is 9.47 Å². The minimum absolute atomic E-state index is 0.0872. The van der Waals surface area contributed by atoms with E-state index in [1.165, 1.54) is 24.3 Å². The van der Waals surface area contributed by atoms with E-state index in [0.29, 0.717) is 5.92 Å². The summed E-state index contributed by atoms with van der Waals surface area (Å²) in [5.41, 5.74) is -1.58. The van der Waals surface area contributed by atoms with Crippen molar-refractivity contribution in [3.63, 3.8) is 0 Å².